The van der Waals surface area contributed by atoms with Gasteiger partial charge in [0, 0.05) is 22.7 Å². The predicted octanol–water partition coefficient (Wildman–Crippen LogP) is 3.53. The van der Waals surface area contributed by atoms with Crippen molar-refractivity contribution in [2.24, 2.45) is 0 Å². The van der Waals surface area contributed by atoms with Crippen LogP contribution in [-0.4, -0.2) is 37.6 Å². The van der Waals surface area contributed by atoms with Crippen LogP contribution in [0.15, 0.2) is 66.9 Å². The van der Waals surface area contributed by atoms with Gasteiger partial charge in [0.25, 0.3) is 17.6 Å². The molecule has 0 fully saturated rings. The van der Waals surface area contributed by atoms with Crippen LogP contribution in [0.2, 0.25) is 0 Å². The highest BCUT2D eigenvalue weighted by Crippen LogP contribution is 2.23. The molecule has 0 bridgehead atoms. The summed E-state index contributed by atoms with van der Waals surface area (Å²) in [7, 11) is 1.62. The average Bonchev–Trinajstić information content (AvgIpc) is 3.37. The zero-order valence-electron chi connectivity index (χ0n) is 15.5. The highest BCUT2D eigenvalue weighted by molar-refractivity contribution is 6.05. The number of anilines is 1. The zero-order chi connectivity index (χ0) is 19.8. The van der Waals surface area contributed by atoms with Crippen LogP contribution in [0, 0.1) is 0 Å². The van der Waals surface area contributed by atoms with E-state index in [1.807, 2.05) is 54.6 Å². The molecule has 2 aromatic carbocycles. The number of methoxy groups -OCH3 is 1. The van der Waals surface area contributed by atoms with E-state index in [0.717, 1.165) is 27.9 Å². The van der Waals surface area contributed by atoms with Crippen molar-refractivity contribution in [3.8, 4) is 17.0 Å². The van der Waals surface area contributed by atoms with Crippen LogP contribution < -0.4 is 10.1 Å². The fourth-order valence-corrected chi connectivity index (χ4v) is 3.19. The van der Waals surface area contributed by atoms with Gasteiger partial charge in [-0.3, -0.25) is 10.1 Å². The van der Waals surface area contributed by atoms with Crippen molar-refractivity contribution in [1.82, 2.24) is 24.6 Å². The second-order valence-electron chi connectivity index (χ2n) is 6.43. The minimum Gasteiger partial charge on any atom is -0.497 e. The molecule has 0 saturated carbocycles. The Kier molecular flexibility index (Phi) is 3.94. The molecular weight excluding hydrogens is 368 g/mol. The number of benzene rings is 2. The van der Waals surface area contributed by atoms with E-state index in [4.69, 9.17) is 4.74 Å². The van der Waals surface area contributed by atoms with Gasteiger partial charge < -0.3 is 9.72 Å². The van der Waals surface area contributed by atoms with Crippen molar-refractivity contribution < 1.29 is 9.53 Å². The Balaban J connectivity index is 1.47. The first kappa shape index (κ1) is 16.9. The zero-order valence-corrected chi connectivity index (χ0v) is 15.5. The average molecular weight is 384 g/mol. The Morgan fingerprint density at radius 1 is 1.10 bits per heavy atom. The fourth-order valence-electron chi connectivity index (χ4n) is 3.19. The van der Waals surface area contributed by atoms with Crippen LogP contribution in [0.3, 0.4) is 0 Å². The maximum absolute atomic E-state index is 12.6. The van der Waals surface area contributed by atoms with Crippen LogP contribution in [0.1, 0.15) is 10.5 Å². The van der Waals surface area contributed by atoms with Gasteiger partial charge in [0.1, 0.15) is 11.4 Å². The number of nitrogens with one attached hydrogen (secondary N) is 2. The van der Waals surface area contributed by atoms with Gasteiger partial charge in [0.2, 0.25) is 0 Å². The Labute approximate surface area is 165 Å². The smallest absolute Gasteiger partial charge is 0.274 e. The Morgan fingerprint density at radius 3 is 2.72 bits per heavy atom. The van der Waals surface area contributed by atoms with Gasteiger partial charge in [-0.15, -0.1) is 5.10 Å². The number of aromatic nitrogens is 5. The van der Waals surface area contributed by atoms with Crippen LogP contribution in [0.4, 0.5) is 5.95 Å². The molecule has 3 aromatic heterocycles. The molecule has 5 aromatic rings. The second-order valence-corrected chi connectivity index (χ2v) is 6.43. The largest absolute Gasteiger partial charge is 0.497 e. The van der Waals surface area contributed by atoms with Crippen molar-refractivity contribution >= 4 is 28.5 Å². The quantitative estimate of drug-likeness (QED) is 0.494. The van der Waals surface area contributed by atoms with Crippen LogP contribution >= 0.6 is 0 Å². The van der Waals surface area contributed by atoms with Crippen molar-refractivity contribution in [1.29, 1.82) is 0 Å². The van der Waals surface area contributed by atoms with E-state index in [-0.39, 0.29) is 11.9 Å². The van der Waals surface area contributed by atoms with Crippen LogP contribution in [0.5, 0.6) is 5.75 Å². The summed E-state index contributed by atoms with van der Waals surface area (Å²) in [6.45, 7) is 0. The van der Waals surface area contributed by atoms with E-state index in [9.17, 15) is 4.79 Å². The minimum absolute atomic E-state index is 0.183. The van der Waals surface area contributed by atoms with E-state index in [1.165, 1.54) is 0 Å². The molecule has 0 spiro atoms. The van der Waals surface area contributed by atoms with Crippen molar-refractivity contribution in [2.75, 3.05) is 12.4 Å². The molecule has 5 rings (SSSR count). The Hall–Kier alpha value is -4.20. The summed E-state index contributed by atoms with van der Waals surface area (Å²) in [6.07, 6.45) is 1.66. The fraction of sp³-hybridized carbons (Fsp3) is 0.0476. The molecule has 142 valence electrons. The van der Waals surface area contributed by atoms with E-state index < -0.39 is 0 Å². The lowest BCUT2D eigenvalue weighted by atomic mass is 10.1. The number of H-pyrrole nitrogens is 1. The first-order valence-corrected chi connectivity index (χ1v) is 8.96. The van der Waals surface area contributed by atoms with Gasteiger partial charge in [0.05, 0.1) is 12.8 Å². The SMILES string of the molecule is COc1ccc(-c2ccnc3nc(NC(=O)c4cc5ccccc5[nH]4)nn23)cc1. The summed E-state index contributed by atoms with van der Waals surface area (Å²) in [5.74, 6) is 1.03. The number of nitrogens with zero attached hydrogens (tertiary/aromatic N) is 4. The second kappa shape index (κ2) is 6.75. The lowest BCUT2D eigenvalue weighted by Crippen LogP contribution is -2.13. The molecule has 1 amide bonds. The number of carbonyl (C=O) groups is 1. The first-order chi connectivity index (χ1) is 14.2. The maximum Gasteiger partial charge on any atom is 0.274 e. The predicted molar refractivity (Wildman–Crippen MR) is 109 cm³/mol. The number of rotatable bonds is 4. The lowest BCUT2D eigenvalue weighted by molar-refractivity contribution is 0.102. The summed E-state index contributed by atoms with van der Waals surface area (Å²) in [5, 5.41) is 8.11. The topological polar surface area (TPSA) is 97.2 Å². The minimum atomic E-state index is -0.317. The third-order valence-electron chi connectivity index (χ3n) is 4.63. The number of aromatic amines is 1. The molecule has 0 saturated heterocycles. The number of fused-ring (bicyclic) bond motifs is 2. The summed E-state index contributed by atoms with van der Waals surface area (Å²) in [6, 6.07) is 18.9. The molecule has 3 heterocycles. The van der Waals surface area contributed by atoms with E-state index in [1.54, 1.807) is 23.9 Å². The van der Waals surface area contributed by atoms with E-state index in [0.29, 0.717) is 11.5 Å². The molecule has 0 aliphatic carbocycles. The maximum atomic E-state index is 12.6. The molecule has 29 heavy (non-hydrogen) atoms. The van der Waals surface area contributed by atoms with Gasteiger partial charge in [-0.1, -0.05) is 18.2 Å². The Bertz CT molecular complexity index is 1300. The Morgan fingerprint density at radius 2 is 1.93 bits per heavy atom. The third-order valence-corrected chi connectivity index (χ3v) is 4.63. The number of ether oxygens (including phenoxy) is 1. The molecule has 0 aliphatic rings. The van der Waals surface area contributed by atoms with E-state index in [2.05, 4.69) is 25.4 Å². The van der Waals surface area contributed by atoms with Crippen molar-refractivity contribution in [3.05, 3.63) is 72.6 Å². The summed E-state index contributed by atoms with van der Waals surface area (Å²) < 4.78 is 6.81. The number of hydrogen-bond acceptors (Lipinski definition) is 5. The number of para-hydroxylation sites is 1. The number of carbonyl (C=O) groups excluding carboxylic acids is 1. The lowest BCUT2D eigenvalue weighted by Gasteiger charge is -2.05. The van der Waals surface area contributed by atoms with Crippen molar-refractivity contribution in [2.45, 2.75) is 0 Å². The highest BCUT2D eigenvalue weighted by atomic mass is 16.5. The molecule has 0 radical (unpaired) electrons. The molecule has 8 nitrogen and oxygen atoms in total. The van der Waals surface area contributed by atoms with Crippen LogP contribution in [-0.2, 0) is 0 Å². The van der Waals surface area contributed by atoms with Gasteiger partial charge in [-0.05, 0) is 42.5 Å². The third kappa shape index (κ3) is 3.06. The van der Waals surface area contributed by atoms with Crippen molar-refractivity contribution in [3.63, 3.8) is 0 Å². The van der Waals surface area contributed by atoms with Gasteiger partial charge in [-0.2, -0.15) is 9.50 Å². The number of hydrogen-bond donors (Lipinski definition) is 2. The van der Waals surface area contributed by atoms with Gasteiger partial charge >= 0.3 is 0 Å². The first-order valence-electron chi connectivity index (χ1n) is 8.96. The summed E-state index contributed by atoms with van der Waals surface area (Å²) >= 11 is 0. The van der Waals surface area contributed by atoms with Gasteiger partial charge in [-0.25, -0.2) is 4.98 Å². The molecule has 0 aliphatic heterocycles. The molecular formula is C21H16N6O2. The monoisotopic (exact) mass is 384 g/mol. The highest BCUT2D eigenvalue weighted by Gasteiger charge is 2.15. The molecule has 2 N–H and O–H groups in total. The normalized spacial score (nSPS) is 11.1. The summed E-state index contributed by atoms with van der Waals surface area (Å²) in [4.78, 5) is 24.3. The summed E-state index contributed by atoms with van der Waals surface area (Å²) in [5.41, 5.74) is 3.06. The molecule has 0 unspecified atom stereocenters. The molecule has 8 heteroatoms. The number of amides is 1. The molecule has 0 atom stereocenters. The van der Waals surface area contributed by atoms with E-state index >= 15 is 0 Å². The standard InChI is InChI=1S/C21H16N6O2/c1-29-15-8-6-13(7-9-15)18-10-11-22-21-25-20(26-27(18)21)24-19(28)17-12-14-4-2-3-5-16(14)23-17/h2-12,23H,1H3,(H,24,26,28). The van der Waals surface area contributed by atoms with Gasteiger partial charge in [0.15, 0.2) is 0 Å². The van der Waals surface area contributed by atoms with Crippen LogP contribution in [0.25, 0.3) is 27.9 Å².